The van der Waals surface area contributed by atoms with Crippen LogP contribution in [0.1, 0.15) is 19.8 Å². The second kappa shape index (κ2) is 6.35. The molecule has 1 aliphatic rings. The van der Waals surface area contributed by atoms with Gasteiger partial charge in [-0.15, -0.1) is 0 Å². The van der Waals surface area contributed by atoms with Crippen LogP contribution in [0.3, 0.4) is 0 Å². The van der Waals surface area contributed by atoms with Crippen molar-refractivity contribution in [2.24, 2.45) is 0 Å². The van der Waals surface area contributed by atoms with E-state index in [9.17, 15) is 5.11 Å². The van der Waals surface area contributed by atoms with E-state index in [2.05, 4.69) is 4.90 Å². The maximum Gasteiger partial charge on any atom is 0.0593 e. The van der Waals surface area contributed by atoms with Crippen LogP contribution in [0, 0.1) is 0 Å². The molecular weight excluding hydrogens is 182 g/mol. The van der Waals surface area contributed by atoms with Gasteiger partial charge in [0.1, 0.15) is 0 Å². The predicted molar refractivity (Wildman–Crippen MR) is 54.2 cm³/mol. The molecule has 4 nitrogen and oxygen atoms in total. The maximum absolute atomic E-state index is 9.43. The number of rotatable bonds is 5. The fourth-order valence-electron chi connectivity index (χ4n) is 1.89. The van der Waals surface area contributed by atoms with E-state index in [1.165, 1.54) is 0 Å². The fraction of sp³-hybridized carbons (Fsp3) is 1.00. The SMILES string of the molecule is CCOCCN1CCC(O)CC1CO. The van der Waals surface area contributed by atoms with Gasteiger partial charge in [-0.2, -0.15) is 0 Å². The van der Waals surface area contributed by atoms with Crippen molar-refractivity contribution in [2.45, 2.75) is 31.9 Å². The summed E-state index contributed by atoms with van der Waals surface area (Å²) in [6.45, 7) is 5.27. The van der Waals surface area contributed by atoms with Gasteiger partial charge in [0.2, 0.25) is 0 Å². The van der Waals surface area contributed by atoms with Crippen molar-refractivity contribution in [3.05, 3.63) is 0 Å². The molecule has 1 heterocycles. The number of nitrogens with zero attached hydrogens (tertiary/aromatic N) is 1. The molecule has 0 bridgehead atoms. The summed E-state index contributed by atoms with van der Waals surface area (Å²) in [6.07, 6.45) is 1.25. The van der Waals surface area contributed by atoms with E-state index in [0.29, 0.717) is 13.0 Å². The lowest BCUT2D eigenvalue weighted by Gasteiger charge is -2.36. The second-order valence-electron chi connectivity index (χ2n) is 3.75. The van der Waals surface area contributed by atoms with E-state index < -0.39 is 0 Å². The number of ether oxygens (including phenoxy) is 1. The number of hydrogen-bond donors (Lipinski definition) is 2. The summed E-state index contributed by atoms with van der Waals surface area (Å²) in [5.41, 5.74) is 0. The van der Waals surface area contributed by atoms with Gasteiger partial charge in [0, 0.05) is 25.7 Å². The monoisotopic (exact) mass is 203 g/mol. The highest BCUT2D eigenvalue weighted by molar-refractivity contribution is 4.80. The number of aliphatic hydroxyl groups is 2. The first-order valence-electron chi connectivity index (χ1n) is 5.38. The minimum atomic E-state index is -0.240. The van der Waals surface area contributed by atoms with Crippen LogP contribution >= 0.6 is 0 Å². The number of aliphatic hydroxyl groups excluding tert-OH is 2. The number of likely N-dealkylation sites (tertiary alicyclic amines) is 1. The molecule has 2 unspecified atom stereocenters. The van der Waals surface area contributed by atoms with Crippen molar-refractivity contribution in [3.63, 3.8) is 0 Å². The Morgan fingerprint density at radius 2 is 2.29 bits per heavy atom. The Balaban J connectivity index is 2.27. The molecule has 2 N–H and O–H groups in total. The third kappa shape index (κ3) is 3.53. The second-order valence-corrected chi connectivity index (χ2v) is 3.75. The normalized spacial score (nSPS) is 29.4. The van der Waals surface area contributed by atoms with Crippen LogP contribution in [0.2, 0.25) is 0 Å². The molecule has 1 aliphatic heterocycles. The molecule has 1 rings (SSSR count). The zero-order chi connectivity index (χ0) is 10.4. The molecule has 4 heteroatoms. The third-order valence-electron chi connectivity index (χ3n) is 2.75. The highest BCUT2D eigenvalue weighted by atomic mass is 16.5. The molecule has 0 aromatic rings. The fourth-order valence-corrected chi connectivity index (χ4v) is 1.89. The smallest absolute Gasteiger partial charge is 0.0593 e. The topological polar surface area (TPSA) is 52.9 Å². The first kappa shape index (κ1) is 11.9. The number of hydrogen-bond acceptors (Lipinski definition) is 4. The van der Waals surface area contributed by atoms with Gasteiger partial charge >= 0.3 is 0 Å². The lowest BCUT2D eigenvalue weighted by atomic mass is 10.0. The Bertz CT molecular complexity index is 154. The van der Waals surface area contributed by atoms with Crippen LogP contribution in [0.25, 0.3) is 0 Å². The van der Waals surface area contributed by atoms with Gasteiger partial charge in [0.05, 0.1) is 19.3 Å². The third-order valence-corrected chi connectivity index (χ3v) is 2.75. The minimum Gasteiger partial charge on any atom is -0.395 e. The largest absolute Gasteiger partial charge is 0.395 e. The van der Waals surface area contributed by atoms with Crippen molar-refractivity contribution in [1.29, 1.82) is 0 Å². The first-order valence-corrected chi connectivity index (χ1v) is 5.38. The van der Waals surface area contributed by atoms with Crippen LogP contribution in [0.4, 0.5) is 0 Å². The Labute approximate surface area is 85.5 Å². The summed E-state index contributed by atoms with van der Waals surface area (Å²) in [5, 5.41) is 18.6. The molecule has 0 spiro atoms. The van der Waals surface area contributed by atoms with E-state index in [4.69, 9.17) is 9.84 Å². The molecule has 0 saturated carbocycles. The summed E-state index contributed by atoms with van der Waals surface area (Å²) in [5.74, 6) is 0. The molecule has 84 valence electrons. The van der Waals surface area contributed by atoms with E-state index in [1.807, 2.05) is 6.92 Å². The van der Waals surface area contributed by atoms with E-state index >= 15 is 0 Å². The lowest BCUT2D eigenvalue weighted by Crippen LogP contribution is -2.47. The lowest BCUT2D eigenvalue weighted by molar-refractivity contribution is 0.00225. The first-order chi connectivity index (χ1) is 6.77. The van der Waals surface area contributed by atoms with Gasteiger partial charge in [0.15, 0.2) is 0 Å². The standard InChI is InChI=1S/C10H21NO3/c1-2-14-6-5-11-4-3-10(13)7-9(11)8-12/h9-10,12-13H,2-8H2,1H3. The highest BCUT2D eigenvalue weighted by Crippen LogP contribution is 2.16. The predicted octanol–water partition coefficient (Wildman–Crippen LogP) is -0.160. The quantitative estimate of drug-likeness (QED) is 0.610. The molecular formula is C10H21NO3. The zero-order valence-corrected chi connectivity index (χ0v) is 8.85. The number of piperidine rings is 1. The molecule has 0 aromatic heterocycles. The average Bonchev–Trinajstić information content (AvgIpc) is 2.20. The van der Waals surface area contributed by atoms with Gasteiger partial charge in [-0.25, -0.2) is 0 Å². The molecule has 0 radical (unpaired) electrons. The Kier molecular flexibility index (Phi) is 5.40. The molecule has 0 amide bonds. The van der Waals surface area contributed by atoms with Crippen LogP contribution in [0.15, 0.2) is 0 Å². The van der Waals surface area contributed by atoms with Gasteiger partial charge in [-0.3, -0.25) is 4.90 Å². The molecule has 0 aliphatic carbocycles. The van der Waals surface area contributed by atoms with Crippen LogP contribution in [0.5, 0.6) is 0 Å². The minimum absolute atomic E-state index is 0.110. The Hall–Kier alpha value is -0.160. The van der Waals surface area contributed by atoms with E-state index in [0.717, 1.165) is 26.1 Å². The van der Waals surface area contributed by atoms with Crippen molar-refractivity contribution >= 4 is 0 Å². The molecule has 2 atom stereocenters. The van der Waals surface area contributed by atoms with Crippen molar-refractivity contribution in [2.75, 3.05) is 32.9 Å². The van der Waals surface area contributed by atoms with Crippen LogP contribution in [-0.2, 0) is 4.74 Å². The van der Waals surface area contributed by atoms with E-state index in [-0.39, 0.29) is 18.8 Å². The summed E-state index contributed by atoms with van der Waals surface area (Å²) in [4.78, 5) is 2.20. The van der Waals surface area contributed by atoms with Crippen LogP contribution < -0.4 is 0 Å². The summed E-state index contributed by atoms with van der Waals surface area (Å²) >= 11 is 0. The van der Waals surface area contributed by atoms with Gasteiger partial charge in [-0.1, -0.05) is 0 Å². The molecule has 0 aromatic carbocycles. The molecule has 1 fully saturated rings. The Morgan fingerprint density at radius 1 is 1.50 bits per heavy atom. The summed E-state index contributed by atoms with van der Waals surface area (Å²) in [7, 11) is 0. The Morgan fingerprint density at radius 3 is 2.93 bits per heavy atom. The van der Waals surface area contributed by atoms with Gasteiger partial charge < -0.3 is 14.9 Å². The molecule has 14 heavy (non-hydrogen) atoms. The van der Waals surface area contributed by atoms with Crippen molar-refractivity contribution < 1.29 is 14.9 Å². The summed E-state index contributed by atoms with van der Waals surface area (Å²) < 4.78 is 5.27. The maximum atomic E-state index is 9.43. The van der Waals surface area contributed by atoms with Gasteiger partial charge in [0.25, 0.3) is 0 Å². The van der Waals surface area contributed by atoms with E-state index in [1.54, 1.807) is 0 Å². The van der Waals surface area contributed by atoms with Gasteiger partial charge in [-0.05, 0) is 19.8 Å². The zero-order valence-electron chi connectivity index (χ0n) is 8.85. The summed E-state index contributed by atoms with van der Waals surface area (Å²) in [6, 6.07) is 0.110. The molecule has 1 saturated heterocycles. The van der Waals surface area contributed by atoms with Crippen LogP contribution in [-0.4, -0.2) is 60.2 Å². The average molecular weight is 203 g/mol. The highest BCUT2D eigenvalue weighted by Gasteiger charge is 2.26. The van der Waals surface area contributed by atoms with Crippen molar-refractivity contribution in [3.8, 4) is 0 Å². The van der Waals surface area contributed by atoms with Crippen molar-refractivity contribution in [1.82, 2.24) is 4.90 Å².